The van der Waals surface area contributed by atoms with Crippen LogP contribution in [-0.4, -0.2) is 24.1 Å². The number of rotatable bonds is 7. The van der Waals surface area contributed by atoms with Gasteiger partial charge in [0.1, 0.15) is 12.6 Å². The molecule has 5 heteroatoms. The van der Waals surface area contributed by atoms with Crippen LogP contribution in [0.1, 0.15) is 43.7 Å². The molecule has 154 valence electrons. The van der Waals surface area contributed by atoms with Gasteiger partial charge in [-0.15, -0.1) is 0 Å². The molecule has 0 radical (unpaired) electrons. The van der Waals surface area contributed by atoms with Crippen molar-refractivity contribution in [1.29, 1.82) is 0 Å². The molecule has 1 aliphatic rings. The van der Waals surface area contributed by atoms with E-state index in [0.29, 0.717) is 12.3 Å². The van der Waals surface area contributed by atoms with E-state index < -0.39 is 12.1 Å². The number of nitrogens with one attached hydrogen (secondary N) is 2. The summed E-state index contributed by atoms with van der Waals surface area (Å²) in [6.07, 6.45) is 4.30. The number of ether oxygens (including phenoxy) is 1. The first-order valence-electron chi connectivity index (χ1n) is 10.4. The van der Waals surface area contributed by atoms with Crippen molar-refractivity contribution in [3.63, 3.8) is 0 Å². The van der Waals surface area contributed by atoms with Crippen molar-refractivity contribution in [1.82, 2.24) is 10.6 Å². The molecule has 0 aromatic heterocycles. The minimum absolute atomic E-state index is 0.149. The number of hydrogen-bond acceptors (Lipinski definition) is 3. The van der Waals surface area contributed by atoms with Gasteiger partial charge in [-0.05, 0) is 29.9 Å². The predicted molar refractivity (Wildman–Crippen MR) is 113 cm³/mol. The van der Waals surface area contributed by atoms with E-state index in [1.807, 2.05) is 60.7 Å². The SMILES string of the molecule is C[C@@H]1CCCC[C@H]1NC(=O)[C@H](Cc1ccccc1)NC(=O)OCc1ccccc1. The van der Waals surface area contributed by atoms with Crippen LogP contribution in [-0.2, 0) is 22.6 Å². The van der Waals surface area contributed by atoms with Crippen molar-refractivity contribution in [3.8, 4) is 0 Å². The van der Waals surface area contributed by atoms with Crippen LogP contribution in [0.25, 0.3) is 0 Å². The highest BCUT2D eigenvalue weighted by atomic mass is 16.5. The average molecular weight is 395 g/mol. The largest absolute Gasteiger partial charge is 0.445 e. The van der Waals surface area contributed by atoms with Crippen molar-refractivity contribution < 1.29 is 14.3 Å². The first-order valence-corrected chi connectivity index (χ1v) is 10.4. The van der Waals surface area contributed by atoms with Crippen molar-refractivity contribution in [2.45, 2.75) is 57.7 Å². The topological polar surface area (TPSA) is 67.4 Å². The Bertz CT molecular complexity index is 779. The van der Waals surface area contributed by atoms with E-state index in [9.17, 15) is 9.59 Å². The highest BCUT2D eigenvalue weighted by Crippen LogP contribution is 2.23. The van der Waals surface area contributed by atoms with E-state index in [2.05, 4.69) is 17.6 Å². The quantitative estimate of drug-likeness (QED) is 0.739. The van der Waals surface area contributed by atoms with Crippen molar-refractivity contribution >= 4 is 12.0 Å². The Morgan fingerprint density at radius 1 is 0.966 bits per heavy atom. The summed E-state index contributed by atoms with van der Waals surface area (Å²) in [5.74, 6) is 0.305. The fourth-order valence-electron chi connectivity index (χ4n) is 3.78. The van der Waals surface area contributed by atoms with E-state index in [1.54, 1.807) is 0 Å². The van der Waals surface area contributed by atoms with E-state index in [-0.39, 0.29) is 18.6 Å². The lowest BCUT2D eigenvalue weighted by Crippen LogP contribution is -2.52. The molecule has 0 unspecified atom stereocenters. The number of amides is 2. The summed E-state index contributed by atoms with van der Waals surface area (Å²) in [6.45, 7) is 2.35. The average Bonchev–Trinajstić information content (AvgIpc) is 2.75. The predicted octanol–water partition coefficient (Wildman–Crippen LogP) is 4.22. The minimum Gasteiger partial charge on any atom is -0.445 e. The molecule has 3 atom stereocenters. The molecule has 0 bridgehead atoms. The van der Waals surface area contributed by atoms with E-state index in [4.69, 9.17) is 4.74 Å². The molecule has 2 aromatic carbocycles. The van der Waals surface area contributed by atoms with Gasteiger partial charge in [-0.1, -0.05) is 80.4 Å². The fourth-order valence-corrected chi connectivity index (χ4v) is 3.78. The first kappa shape index (κ1) is 20.9. The van der Waals surface area contributed by atoms with Crippen LogP contribution in [0.15, 0.2) is 60.7 Å². The van der Waals surface area contributed by atoms with Gasteiger partial charge in [0.15, 0.2) is 0 Å². The molecule has 2 N–H and O–H groups in total. The van der Waals surface area contributed by atoms with Gasteiger partial charge in [-0.25, -0.2) is 4.79 Å². The van der Waals surface area contributed by atoms with Crippen molar-refractivity contribution in [3.05, 3.63) is 71.8 Å². The zero-order valence-corrected chi connectivity index (χ0v) is 17.0. The molecule has 29 heavy (non-hydrogen) atoms. The van der Waals surface area contributed by atoms with Gasteiger partial charge >= 0.3 is 6.09 Å². The summed E-state index contributed by atoms with van der Waals surface area (Å²) in [5.41, 5.74) is 1.90. The third kappa shape index (κ3) is 6.63. The second kappa shape index (κ2) is 10.6. The molecule has 2 aromatic rings. The second-order valence-corrected chi connectivity index (χ2v) is 7.83. The Morgan fingerprint density at radius 3 is 2.24 bits per heavy atom. The third-order valence-corrected chi connectivity index (χ3v) is 5.54. The Hall–Kier alpha value is -2.82. The molecule has 1 saturated carbocycles. The Labute approximate surface area is 172 Å². The van der Waals surface area contributed by atoms with Crippen LogP contribution in [0.2, 0.25) is 0 Å². The summed E-state index contributed by atoms with van der Waals surface area (Å²) >= 11 is 0. The van der Waals surface area contributed by atoms with Crippen LogP contribution in [0.3, 0.4) is 0 Å². The van der Waals surface area contributed by atoms with Gasteiger partial charge in [-0.3, -0.25) is 4.79 Å². The molecule has 1 aliphatic carbocycles. The smallest absolute Gasteiger partial charge is 0.408 e. The number of hydrogen-bond donors (Lipinski definition) is 2. The number of alkyl carbamates (subject to hydrolysis) is 1. The molecule has 1 fully saturated rings. The summed E-state index contributed by atoms with van der Waals surface area (Å²) < 4.78 is 5.33. The zero-order valence-electron chi connectivity index (χ0n) is 17.0. The van der Waals surface area contributed by atoms with Crippen molar-refractivity contribution in [2.75, 3.05) is 0 Å². The maximum absolute atomic E-state index is 13.0. The van der Waals surface area contributed by atoms with Crippen LogP contribution < -0.4 is 10.6 Å². The monoisotopic (exact) mass is 394 g/mol. The first-order chi connectivity index (χ1) is 14.1. The van der Waals surface area contributed by atoms with E-state index in [0.717, 1.165) is 30.4 Å². The highest BCUT2D eigenvalue weighted by molar-refractivity contribution is 5.86. The Morgan fingerprint density at radius 2 is 1.59 bits per heavy atom. The lowest BCUT2D eigenvalue weighted by molar-refractivity contribution is -0.124. The van der Waals surface area contributed by atoms with Gasteiger partial charge in [0.2, 0.25) is 5.91 Å². The fraction of sp³-hybridized carbons (Fsp3) is 0.417. The van der Waals surface area contributed by atoms with Crippen LogP contribution in [0.5, 0.6) is 0 Å². The van der Waals surface area contributed by atoms with Crippen molar-refractivity contribution in [2.24, 2.45) is 5.92 Å². The zero-order chi connectivity index (χ0) is 20.5. The lowest BCUT2D eigenvalue weighted by atomic mass is 9.85. The minimum atomic E-state index is -0.671. The molecular weight excluding hydrogens is 364 g/mol. The lowest BCUT2D eigenvalue weighted by Gasteiger charge is -2.31. The maximum atomic E-state index is 13.0. The molecular formula is C24H30N2O3. The van der Waals surface area contributed by atoms with Crippen LogP contribution in [0, 0.1) is 5.92 Å². The van der Waals surface area contributed by atoms with Gasteiger partial charge < -0.3 is 15.4 Å². The maximum Gasteiger partial charge on any atom is 0.408 e. The molecule has 0 spiro atoms. The number of benzene rings is 2. The van der Waals surface area contributed by atoms with E-state index in [1.165, 1.54) is 6.42 Å². The van der Waals surface area contributed by atoms with Crippen LogP contribution >= 0.6 is 0 Å². The summed E-state index contributed by atoms with van der Waals surface area (Å²) in [6, 6.07) is 18.7. The molecule has 0 aliphatic heterocycles. The van der Waals surface area contributed by atoms with Gasteiger partial charge in [0, 0.05) is 12.5 Å². The van der Waals surface area contributed by atoms with Gasteiger partial charge in [0.05, 0.1) is 0 Å². The Kier molecular flexibility index (Phi) is 7.68. The molecule has 3 rings (SSSR count). The van der Waals surface area contributed by atoms with Crippen LogP contribution in [0.4, 0.5) is 4.79 Å². The summed E-state index contributed by atoms with van der Waals surface area (Å²) in [4.78, 5) is 25.4. The molecule has 0 saturated heterocycles. The summed E-state index contributed by atoms with van der Waals surface area (Å²) in [5, 5.41) is 5.93. The molecule has 5 nitrogen and oxygen atoms in total. The van der Waals surface area contributed by atoms with Gasteiger partial charge in [-0.2, -0.15) is 0 Å². The van der Waals surface area contributed by atoms with Gasteiger partial charge in [0.25, 0.3) is 0 Å². The molecule has 0 heterocycles. The Balaban J connectivity index is 1.61. The number of carbonyl (C=O) groups is 2. The highest BCUT2D eigenvalue weighted by Gasteiger charge is 2.28. The number of carbonyl (C=O) groups excluding carboxylic acids is 2. The molecule has 2 amide bonds. The third-order valence-electron chi connectivity index (χ3n) is 5.54. The standard InChI is InChI=1S/C24H30N2O3/c1-18-10-8-9-15-21(18)25-23(27)22(16-19-11-4-2-5-12-19)26-24(28)29-17-20-13-6-3-7-14-20/h2-7,11-14,18,21-22H,8-10,15-17H2,1H3,(H,25,27)(H,26,28)/t18-,21-,22+/m1/s1. The normalized spacial score (nSPS) is 19.8. The summed E-state index contributed by atoms with van der Waals surface area (Å²) in [7, 11) is 0. The van der Waals surface area contributed by atoms with E-state index >= 15 is 0 Å². The second-order valence-electron chi connectivity index (χ2n) is 7.83.